The van der Waals surface area contributed by atoms with Crippen LogP contribution < -0.4 is 9.04 Å². The molecule has 0 bridgehead atoms. The number of nitrogens with zero attached hydrogens (tertiary/aromatic N) is 1. The van der Waals surface area contributed by atoms with Crippen molar-refractivity contribution in [3.05, 3.63) is 53.1 Å². The van der Waals surface area contributed by atoms with Gasteiger partial charge in [0.1, 0.15) is 5.75 Å². The van der Waals surface area contributed by atoms with E-state index in [9.17, 15) is 21.6 Å². The van der Waals surface area contributed by atoms with Crippen molar-refractivity contribution in [3.8, 4) is 5.75 Å². The third kappa shape index (κ3) is 4.01. The van der Waals surface area contributed by atoms with E-state index in [1.807, 2.05) is 0 Å². The van der Waals surface area contributed by atoms with Crippen LogP contribution >= 0.6 is 11.6 Å². The summed E-state index contributed by atoms with van der Waals surface area (Å²) in [6.45, 7) is 1.42. The van der Waals surface area contributed by atoms with E-state index in [-0.39, 0.29) is 22.2 Å². The van der Waals surface area contributed by atoms with Crippen molar-refractivity contribution < 1.29 is 26.3 Å². The summed E-state index contributed by atoms with van der Waals surface area (Å²) < 4.78 is 70.3. The van der Waals surface area contributed by atoms with Crippen molar-refractivity contribution in [3.63, 3.8) is 0 Å². The van der Waals surface area contributed by atoms with Gasteiger partial charge in [0.15, 0.2) is 0 Å². The first kappa shape index (κ1) is 19.4. The van der Waals surface area contributed by atoms with E-state index < -0.39 is 21.8 Å². The van der Waals surface area contributed by atoms with Gasteiger partial charge in [-0.3, -0.25) is 4.31 Å². The molecule has 0 saturated heterocycles. The number of halogens is 4. The molecule has 0 saturated carbocycles. The average molecular weight is 394 g/mol. The van der Waals surface area contributed by atoms with Crippen molar-refractivity contribution in [2.75, 3.05) is 18.0 Å². The smallest absolute Gasteiger partial charge is 0.416 e. The first-order valence-electron chi connectivity index (χ1n) is 7.14. The molecule has 0 aliphatic carbocycles. The summed E-state index contributed by atoms with van der Waals surface area (Å²) >= 11 is 5.97. The van der Waals surface area contributed by atoms with Crippen LogP contribution in [0.25, 0.3) is 0 Å². The second kappa shape index (κ2) is 7.13. The SMILES string of the molecule is CCN(c1cc(C(F)(F)F)ccc1Cl)S(=O)(=O)c1ccc(OC)cc1. The molecule has 0 aliphatic heterocycles. The summed E-state index contributed by atoms with van der Waals surface area (Å²) in [6.07, 6.45) is -4.61. The van der Waals surface area contributed by atoms with Gasteiger partial charge < -0.3 is 4.74 Å². The summed E-state index contributed by atoms with van der Waals surface area (Å²) in [5, 5.41) is -0.0908. The Morgan fingerprint density at radius 2 is 1.72 bits per heavy atom. The van der Waals surface area contributed by atoms with E-state index in [0.29, 0.717) is 5.75 Å². The molecule has 0 aliphatic rings. The van der Waals surface area contributed by atoms with Crippen LogP contribution in [-0.2, 0) is 16.2 Å². The summed E-state index contributed by atoms with van der Waals surface area (Å²) in [4.78, 5) is -0.0800. The Bertz CT molecular complexity index is 852. The van der Waals surface area contributed by atoms with Gasteiger partial charge in [0.05, 0.1) is 28.3 Å². The molecule has 0 N–H and O–H groups in total. The number of sulfonamides is 1. The van der Waals surface area contributed by atoms with Crippen molar-refractivity contribution in [2.45, 2.75) is 18.0 Å². The van der Waals surface area contributed by atoms with E-state index in [2.05, 4.69) is 0 Å². The molecule has 2 aromatic carbocycles. The summed E-state index contributed by atoms with van der Waals surface area (Å²) in [6, 6.07) is 8.11. The zero-order valence-corrected chi connectivity index (χ0v) is 14.9. The molecule has 9 heteroatoms. The molecule has 25 heavy (non-hydrogen) atoms. The van der Waals surface area contributed by atoms with Gasteiger partial charge in [0.25, 0.3) is 10.0 Å². The Kier molecular flexibility index (Phi) is 5.53. The van der Waals surface area contributed by atoms with Gasteiger partial charge >= 0.3 is 6.18 Å². The third-order valence-corrected chi connectivity index (χ3v) is 5.70. The van der Waals surface area contributed by atoms with Crippen LogP contribution in [-0.4, -0.2) is 22.1 Å². The third-order valence-electron chi connectivity index (χ3n) is 3.48. The molecule has 0 radical (unpaired) electrons. The van der Waals surface area contributed by atoms with Gasteiger partial charge in [-0.05, 0) is 49.4 Å². The monoisotopic (exact) mass is 393 g/mol. The second-order valence-corrected chi connectivity index (χ2v) is 7.28. The molecular formula is C16H15ClF3NO3S. The number of ether oxygens (including phenoxy) is 1. The first-order valence-corrected chi connectivity index (χ1v) is 8.96. The minimum atomic E-state index is -4.61. The van der Waals surface area contributed by atoms with E-state index >= 15 is 0 Å². The van der Waals surface area contributed by atoms with Crippen LogP contribution in [0.5, 0.6) is 5.75 Å². The van der Waals surface area contributed by atoms with Gasteiger partial charge in [0.2, 0.25) is 0 Å². The summed E-state index contributed by atoms with van der Waals surface area (Å²) in [5.41, 5.74) is -1.20. The Hall–Kier alpha value is -1.93. The van der Waals surface area contributed by atoms with E-state index in [1.54, 1.807) is 0 Å². The lowest BCUT2D eigenvalue weighted by Gasteiger charge is -2.25. The molecule has 0 fully saturated rings. The Labute approximate surface area is 148 Å². The summed E-state index contributed by atoms with van der Waals surface area (Å²) in [5.74, 6) is 0.457. The average Bonchev–Trinajstić information content (AvgIpc) is 2.56. The van der Waals surface area contributed by atoms with Crippen LogP contribution in [0.15, 0.2) is 47.4 Å². The number of hydrogen-bond donors (Lipinski definition) is 0. The number of rotatable bonds is 5. The Morgan fingerprint density at radius 1 is 1.12 bits per heavy atom. The fourth-order valence-corrected chi connectivity index (χ4v) is 3.98. The predicted octanol–water partition coefficient (Wildman–Crippen LogP) is 4.58. The molecular weight excluding hydrogens is 379 g/mol. The van der Waals surface area contributed by atoms with Crippen LogP contribution in [0.1, 0.15) is 12.5 Å². The van der Waals surface area contributed by atoms with Crippen molar-refractivity contribution >= 4 is 27.3 Å². The molecule has 0 unspecified atom stereocenters. The molecule has 0 atom stereocenters. The van der Waals surface area contributed by atoms with Gasteiger partial charge in [-0.1, -0.05) is 11.6 Å². The van der Waals surface area contributed by atoms with Crippen molar-refractivity contribution in [1.29, 1.82) is 0 Å². The molecule has 0 aromatic heterocycles. The number of anilines is 1. The van der Waals surface area contributed by atoms with Gasteiger partial charge in [0, 0.05) is 6.54 Å². The minimum absolute atomic E-state index is 0.0800. The number of alkyl halides is 3. The molecule has 2 aromatic rings. The largest absolute Gasteiger partial charge is 0.497 e. The maximum absolute atomic E-state index is 12.9. The van der Waals surface area contributed by atoms with E-state index in [1.165, 1.54) is 38.3 Å². The predicted molar refractivity (Wildman–Crippen MR) is 89.7 cm³/mol. The Morgan fingerprint density at radius 3 is 2.20 bits per heavy atom. The fourth-order valence-electron chi connectivity index (χ4n) is 2.22. The topological polar surface area (TPSA) is 46.6 Å². The first-order chi connectivity index (χ1) is 11.6. The summed E-state index contributed by atoms with van der Waals surface area (Å²) in [7, 11) is -2.65. The van der Waals surface area contributed by atoms with Crippen molar-refractivity contribution in [2.24, 2.45) is 0 Å². The maximum atomic E-state index is 12.9. The van der Waals surface area contributed by atoms with Crippen LogP contribution in [0.3, 0.4) is 0 Å². The lowest BCUT2D eigenvalue weighted by Crippen LogP contribution is -2.31. The number of methoxy groups -OCH3 is 1. The van der Waals surface area contributed by atoms with Gasteiger partial charge in [-0.15, -0.1) is 0 Å². The highest BCUT2D eigenvalue weighted by molar-refractivity contribution is 7.92. The van der Waals surface area contributed by atoms with Crippen LogP contribution in [0.2, 0.25) is 5.02 Å². The number of hydrogen-bond acceptors (Lipinski definition) is 3. The van der Waals surface area contributed by atoms with Gasteiger partial charge in [-0.2, -0.15) is 13.2 Å². The molecule has 0 amide bonds. The molecule has 136 valence electrons. The lowest BCUT2D eigenvalue weighted by atomic mass is 10.2. The second-order valence-electron chi connectivity index (χ2n) is 5.01. The zero-order valence-electron chi connectivity index (χ0n) is 13.3. The highest BCUT2D eigenvalue weighted by atomic mass is 35.5. The van der Waals surface area contributed by atoms with Crippen LogP contribution in [0, 0.1) is 0 Å². The molecule has 4 nitrogen and oxygen atoms in total. The van der Waals surface area contributed by atoms with Crippen molar-refractivity contribution in [1.82, 2.24) is 0 Å². The van der Waals surface area contributed by atoms with Crippen LogP contribution in [0.4, 0.5) is 18.9 Å². The fraction of sp³-hybridized carbons (Fsp3) is 0.250. The molecule has 0 heterocycles. The normalized spacial score (nSPS) is 12.1. The highest BCUT2D eigenvalue weighted by Crippen LogP contribution is 2.37. The highest BCUT2D eigenvalue weighted by Gasteiger charge is 2.33. The lowest BCUT2D eigenvalue weighted by molar-refractivity contribution is -0.137. The maximum Gasteiger partial charge on any atom is 0.416 e. The minimum Gasteiger partial charge on any atom is -0.497 e. The van der Waals surface area contributed by atoms with Gasteiger partial charge in [-0.25, -0.2) is 8.42 Å². The number of benzene rings is 2. The Balaban J connectivity index is 2.54. The molecule has 2 rings (SSSR count). The standard InChI is InChI=1S/C16H15ClF3NO3S/c1-3-21(15-10-11(16(18,19)20)4-9-14(15)17)25(22,23)13-7-5-12(24-2)6-8-13/h4-10H,3H2,1-2H3. The quantitative estimate of drug-likeness (QED) is 0.746. The molecule has 0 spiro atoms. The zero-order chi connectivity index (χ0) is 18.8. The van der Waals surface area contributed by atoms with E-state index in [0.717, 1.165) is 22.5 Å². The van der Waals surface area contributed by atoms with E-state index in [4.69, 9.17) is 16.3 Å².